The zero-order valence-corrected chi connectivity index (χ0v) is 15.4. The van der Waals surface area contributed by atoms with Crippen LogP contribution >= 0.6 is 0 Å². The Balaban J connectivity index is 1.46. The molecule has 0 saturated carbocycles. The van der Waals surface area contributed by atoms with E-state index in [1.54, 1.807) is 12.1 Å². The molecule has 0 spiro atoms. The molecule has 4 nitrogen and oxygen atoms in total. The first kappa shape index (κ1) is 18.6. The van der Waals surface area contributed by atoms with Gasteiger partial charge in [0.2, 0.25) is 5.91 Å². The first-order valence-corrected chi connectivity index (χ1v) is 9.23. The van der Waals surface area contributed by atoms with Crippen LogP contribution in [0.25, 0.3) is 10.8 Å². The molecule has 3 aromatic carbocycles. The maximum Gasteiger partial charge on any atom is 0.251 e. The SMILES string of the molecule is CC(CC(=O)NCCc1cccc2ccccc12)NC(=O)c1ccccc1. The number of hydrogen-bond donors (Lipinski definition) is 2. The molecular weight excluding hydrogens is 336 g/mol. The molecule has 27 heavy (non-hydrogen) atoms. The summed E-state index contributed by atoms with van der Waals surface area (Å²) in [7, 11) is 0. The number of carbonyl (C=O) groups is 2. The van der Waals surface area contributed by atoms with E-state index in [2.05, 4.69) is 34.9 Å². The average Bonchev–Trinajstić information content (AvgIpc) is 2.68. The molecule has 2 N–H and O–H groups in total. The molecule has 138 valence electrons. The maximum absolute atomic E-state index is 12.2. The van der Waals surface area contributed by atoms with Crippen molar-refractivity contribution in [3.63, 3.8) is 0 Å². The molecular formula is C23H24N2O2. The Labute approximate surface area is 159 Å². The summed E-state index contributed by atoms with van der Waals surface area (Å²) in [4.78, 5) is 24.3. The predicted molar refractivity (Wildman–Crippen MR) is 109 cm³/mol. The van der Waals surface area contributed by atoms with E-state index >= 15 is 0 Å². The van der Waals surface area contributed by atoms with Gasteiger partial charge < -0.3 is 10.6 Å². The van der Waals surface area contributed by atoms with Crippen molar-refractivity contribution in [2.45, 2.75) is 25.8 Å². The topological polar surface area (TPSA) is 58.2 Å². The summed E-state index contributed by atoms with van der Waals surface area (Å²) in [5.74, 6) is -0.220. The molecule has 0 aliphatic rings. The van der Waals surface area contributed by atoms with Crippen molar-refractivity contribution in [2.75, 3.05) is 6.54 Å². The first-order valence-electron chi connectivity index (χ1n) is 9.23. The average molecular weight is 360 g/mol. The van der Waals surface area contributed by atoms with Crippen molar-refractivity contribution >= 4 is 22.6 Å². The molecule has 2 amide bonds. The van der Waals surface area contributed by atoms with Gasteiger partial charge in [0.25, 0.3) is 5.91 Å². The highest BCUT2D eigenvalue weighted by atomic mass is 16.2. The molecule has 4 heteroatoms. The molecule has 1 atom stereocenters. The highest BCUT2D eigenvalue weighted by Gasteiger charge is 2.13. The van der Waals surface area contributed by atoms with Gasteiger partial charge in [-0.1, -0.05) is 60.7 Å². The monoisotopic (exact) mass is 360 g/mol. The van der Waals surface area contributed by atoms with E-state index < -0.39 is 0 Å². The van der Waals surface area contributed by atoms with Gasteiger partial charge in [-0.25, -0.2) is 0 Å². The minimum absolute atomic E-state index is 0.0592. The van der Waals surface area contributed by atoms with E-state index in [4.69, 9.17) is 0 Å². The van der Waals surface area contributed by atoms with E-state index in [1.807, 2.05) is 43.3 Å². The fraction of sp³-hybridized carbons (Fsp3) is 0.217. The van der Waals surface area contributed by atoms with Crippen LogP contribution in [-0.4, -0.2) is 24.4 Å². The van der Waals surface area contributed by atoms with E-state index in [1.165, 1.54) is 16.3 Å². The third-order valence-electron chi connectivity index (χ3n) is 4.50. The summed E-state index contributed by atoms with van der Waals surface area (Å²) in [6.45, 7) is 2.41. The summed E-state index contributed by atoms with van der Waals surface area (Å²) < 4.78 is 0. The van der Waals surface area contributed by atoms with Crippen molar-refractivity contribution in [1.29, 1.82) is 0 Å². The molecule has 0 saturated heterocycles. The van der Waals surface area contributed by atoms with Crippen LogP contribution in [0.3, 0.4) is 0 Å². The van der Waals surface area contributed by atoms with E-state index in [0.717, 1.165) is 6.42 Å². The van der Waals surface area contributed by atoms with Gasteiger partial charge >= 0.3 is 0 Å². The Morgan fingerprint density at radius 2 is 1.59 bits per heavy atom. The second-order valence-electron chi connectivity index (χ2n) is 6.68. The summed E-state index contributed by atoms with van der Waals surface area (Å²) >= 11 is 0. The summed E-state index contributed by atoms with van der Waals surface area (Å²) in [5, 5.41) is 8.24. The number of carbonyl (C=O) groups excluding carboxylic acids is 2. The zero-order valence-electron chi connectivity index (χ0n) is 15.4. The second kappa shape index (κ2) is 8.99. The highest BCUT2D eigenvalue weighted by Crippen LogP contribution is 2.18. The van der Waals surface area contributed by atoms with Crippen molar-refractivity contribution in [1.82, 2.24) is 10.6 Å². The van der Waals surface area contributed by atoms with Crippen LogP contribution in [0, 0.1) is 0 Å². The zero-order chi connectivity index (χ0) is 19.1. The molecule has 3 rings (SSSR count). The Kier molecular flexibility index (Phi) is 6.21. The molecule has 0 aromatic heterocycles. The van der Waals surface area contributed by atoms with Gasteiger partial charge in [0, 0.05) is 24.6 Å². The fourth-order valence-corrected chi connectivity index (χ4v) is 3.15. The Morgan fingerprint density at radius 1 is 0.889 bits per heavy atom. The van der Waals surface area contributed by atoms with Gasteiger partial charge in [-0.05, 0) is 41.8 Å². The molecule has 3 aromatic rings. The molecule has 1 unspecified atom stereocenters. The summed E-state index contributed by atoms with van der Waals surface area (Å²) in [5.41, 5.74) is 1.82. The largest absolute Gasteiger partial charge is 0.356 e. The predicted octanol–water partition coefficient (Wildman–Crippen LogP) is 3.71. The van der Waals surface area contributed by atoms with Crippen LogP contribution in [0.15, 0.2) is 72.8 Å². The highest BCUT2D eigenvalue weighted by molar-refractivity contribution is 5.94. The lowest BCUT2D eigenvalue weighted by Crippen LogP contribution is -2.37. The van der Waals surface area contributed by atoms with E-state index in [-0.39, 0.29) is 24.3 Å². The Bertz CT molecular complexity index is 917. The van der Waals surface area contributed by atoms with Crippen LogP contribution in [0.2, 0.25) is 0 Å². The molecule has 0 fully saturated rings. The van der Waals surface area contributed by atoms with Gasteiger partial charge in [0.05, 0.1) is 0 Å². The number of hydrogen-bond acceptors (Lipinski definition) is 2. The minimum atomic E-state index is -0.227. The Hall–Kier alpha value is -3.14. The number of nitrogens with one attached hydrogen (secondary N) is 2. The standard InChI is InChI=1S/C23H24N2O2/c1-17(25-23(27)20-9-3-2-4-10-20)16-22(26)24-15-14-19-12-7-11-18-8-5-6-13-21(18)19/h2-13,17H,14-16H2,1H3,(H,24,26)(H,25,27). The molecule has 0 radical (unpaired) electrons. The van der Waals surface area contributed by atoms with Crippen LogP contribution in [-0.2, 0) is 11.2 Å². The van der Waals surface area contributed by atoms with Crippen LogP contribution < -0.4 is 10.6 Å². The quantitative estimate of drug-likeness (QED) is 0.675. The lowest BCUT2D eigenvalue weighted by atomic mass is 10.0. The summed E-state index contributed by atoms with van der Waals surface area (Å²) in [6.07, 6.45) is 1.03. The Morgan fingerprint density at radius 3 is 2.41 bits per heavy atom. The van der Waals surface area contributed by atoms with Crippen LogP contribution in [0.5, 0.6) is 0 Å². The second-order valence-corrected chi connectivity index (χ2v) is 6.68. The molecule has 0 aliphatic heterocycles. The van der Waals surface area contributed by atoms with Crippen molar-refractivity contribution in [3.8, 4) is 0 Å². The molecule has 0 heterocycles. The first-order chi connectivity index (χ1) is 13.1. The number of rotatable bonds is 7. The van der Waals surface area contributed by atoms with Crippen molar-refractivity contribution in [3.05, 3.63) is 83.9 Å². The van der Waals surface area contributed by atoms with Crippen molar-refractivity contribution in [2.24, 2.45) is 0 Å². The fourth-order valence-electron chi connectivity index (χ4n) is 3.15. The third-order valence-corrected chi connectivity index (χ3v) is 4.50. The smallest absolute Gasteiger partial charge is 0.251 e. The summed E-state index contributed by atoms with van der Waals surface area (Å²) in [6, 6.07) is 23.3. The van der Waals surface area contributed by atoms with E-state index in [0.29, 0.717) is 12.1 Å². The van der Waals surface area contributed by atoms with Crippen LogP contribution in [0.1, 0.15) is 29.3 Å². The van der Waals surface area contributed by atoms with Gasteiger partial charge in [-0.3, -0.25) is 9.59 Å². The minimum Gasteiger partial charge on any atom is -0.356 e. The van der Waals surface area contributed by atoms with Gasteiger partial charge in [-0.2, -0.15) is 0 Å². The van der Waals surface area contributed by atoms with Gasteiger partial charge in [0.1, 0.15) is 0 Å². The molecule has 0 bridgehead atoms. The van der Waals surface area contributed by atoms with E-state index in [9.17, 15) is 9.59 Å². The molecule has 0 aliphatic carbocycles. The number of benzene rings is 3. The van der Waals surface area contributed by atoms with Crippen molar-refractivity contribution < 1.29 is 9.59 Å². The lowest BCUT2D eigenvalue weighted by molar-refractivity contribution is -0.121. The van der Waals surface area contributed by atoms with Gasteiger partial charge in [0.15, 0.2) is 0 Å². The normalized spacial score (nSPS) is 11.7. The number of amides is 2. The third kappa shape index (κ3) is 5.17. The lowest BCUT2D eigenvalue weighted by Gasteiger charge is -2.14. The van der Waals surface area contributed by atoms with Gasteiger partial charge in [-0.15, -0.1) is 0 Å². The number of fused-ring (bicyclic) bond motifs is 1. The maximum atomic E-state index is 12.2. The van der Waals surface area contributed by atoms with Crippen LogP contribution in [0.4, 0.5) is 0 Å².